The number of carbonyl (C=O) groups is 2. The van der Waals surface area contributed by atoms with E-state index in [4.69, 9.17) is 5.11 Å². The molecular formula is C16H21NO3. The summed E-state index contributed by atoms with van der Waals surface area (Å²) in [5.41, 5.74) is 2.30. The number of rotatable bonds is 4. The van der Waals surface area contributed by atoms with E-state index >= 15 is 0 Å². The van der Waals surface area contributed by atoms with Gasteiger partial charge >= 0.3 is 5.97 Å². The third-order valence-electron chi connectivity index (χ3n) is 3.85. The van der Waals surface area contributed by atoms with Crippen LogP contribution in [0.2, 0.25) is 0 Å². The van der Waals surface area contributed by atoms with Gasteiger partial charge in [-0.1, -0.05) is 12.1 Å². The van der Waals surface area contributed by atoms with Crippen LogP contribution in [0, 0.1) is 5.41 Å². The number of aryl methyl sites for hydroxylation is 1. The quantitative estimate of drug-likeness (QED) is 0.887. The van der Waals surface area contributed by atoms with Crippen molar-refractivity contribution in [3.05, 3.63) is 29.3 Å². The summed E-state index contributed by atoms with van der Waals surface area (Å²) in [6.45, 7) is 3.13. The van der Waals surface area contributed by atoms with Crippen LogP contribution in [-0.2, 0) is 22.4 Å². The van der Waals surface area contributed by atoms with Crippen LogP contribution in [0.1, 0.15) is 44.2 Å². The van der Waals surface area contributed by atoms with E-state index in [2.05, 4.69) is 11.4 Å². The average Bonchev–Trinajstić information content (AvgIpc) is 2.38. The molecule has 1 aliphatic rings. The van der Waals surface area contributed by atoms with Crippen LogP contribution < -0.4 is 5.32 Å². The second-order valence-corrected chi connectivity index (χ2v) is 6.06. The van der Waals surface area contributed by atoms with Crippen LogP contribution >= 0.6 is 0 Å². The van der Waals surface area contributed by atoms with Crippen LogP contribution in [0.15, 0.2) is 18.2 Å². The fourth-order valence-electron chi connectivity index (χ4n) is 2.57. The van der Waals surface area contributed by atoms with Crippen LogP contribution in [0.3, 0.4) is 0 Å². The lowest BCUT2D eigenvalue weighted by molar-refractivity contribution is -0.148. The van der Waals surface area contributed by atoms with Crippen molar-refractivity contribution in [3.63, 3.8) is 0 Å². The lowest BCUT2D eigenvalue weighted by atomic mass is 9.88. The normalized spacial score (nSPS) is 14.5. The van der Waals surface area contributed by atoms with Crippen molar-refractivity contribution >= 4 is 17.6 Å². The smallest absolute Gasteiger partial charge is 0.309 e. The maximum atomic E-state index is 12.0. The van der Waals surface area contributed by atoms with Crippen LogP contribution in [0.25, 0.3) is 0 Å². The first-order valence-electron chi connectivity index (χ1n) is 7.04. The van der Waals surface area contributed by atoms with Crippen molar-refractivity contribution < 1.29 is 14.7 Å². The van der Waals surface area contributed by atoms with Gasteiger partial charge in [-0.25, -0.2) is 0 Å². The maximum absolute atomic E-state index is 12.0. The van der Waals surface area contributed by atoms with E-state index in [1.807, 2.05) is 12.1 Å². The van der Waals surface area contributed by atoms with Crippen molar-refractivity contribution in [2.45, 2.75) is 46.0 Å². The van der Waals surface area contributed by atoms with Gasteiger partial charge in [-0.15, -0.1) is 0 Å². The van der Waals surface area contributed by atoms with Crippen LogP contribution in [0.4, 0.5) is 5.69 Å². The number of anilines is 1. The summed E-state index contributed by atoms with van der Waals surface area (Å²) >= 11 is 0. The summed E-state index contributed by atoms with van der Waals surface area (Å²) in [4.78, 5) is 23.1. The molecule has 0 aliphatic heterocycles. The lowest BCUT2D eigenvalue weighted by Gasteiger charge is -2.22. The number of nitrogens with one attached hydrogen (secondary N) is 1. The van der Waals surface area contributed by atoms with Gasteiger partial charge < -0.3 is 10.4 Å². The zero-order valence-electron chi connectivity index (χ0n) is 12.0. The molecule has 0 atom stereocenters. The molecular weight excluding hydrogens is 254 g/mol. The van der Waals surface area contributed by atoms with Gasteiger partial charge in [0.05, 0.1) is 5.41 Å². The van der Waals surface area contributed by atoms with Crippen molar-refractivity contribution in [1.82, 2.24) is 0 Å². The molecule has 0 unspecified atom stereocenters. The zero-order chi connectivity index (χ0) is 14.8. The number of hydrogen-bond donors (Lipinski definition) is 2. The molecule has 0 heterocycles. The van der Waals surface area contributed by atoms with Gasteiger partial charge in [0.15, 0.2) is 0 Å². The van der Waals surface area contributed by atoms with E-state index in [1.165, 1.54) is 17.5 Å². The summed E-state index contributed by atoms with van der Waals surface area (Å²) < 4.78 is 0. The first-order valence-corrected chi connectivity index (χ1v) is 7.04. The van der Waals surface area contributed by atoms with Gasteiger partial charge in [-0.3, -0.25) is 9.59 Å². The molecule has 1 aliphatic carbocycles. The Morgan fingerprint density at radius 1 is 1.25 bits per heavy atom. The molecule has 1 aromatic carbocycles. The van der Waals surface area contributed by atoms with Crippen molar-refractivity contribution in [3.8, 4) is 0 Å². The number of carboxylic acids is 1. The second kappa shape index (κ2) is 5.65. The summed E-state index contributed by atoms with van der Waals surface area (Å²) in [5.74, 6) is -1.20. The Labute approximate surface area is 119 Å². The molecule has 0 saturated carbocycles. The number of amides is 1. The van der Waals surface area contributed by atoms with Crippen molar-refractivity contribution in [2.75, 3.05) is 5.32 Å². The molecule has 4 heteroatoms. The van der Waals surface area contributed by atoms with Crippen molar-refractivity contribution in [2.24, 2.45) is 5.41 Å². The van der Waals surface area contributed by atoms with E-state index in [9.17, 15) is 9.59 Å². The number of aliphatic carboxylic acids is 1. The maximum Gasteiger partial charge on any atom is 0.309 e. The summed E-state index contributed by atoms with van der Waals surface area (Å²) in [6.07, 6.45) is 4.34. The summed E-state index contributed by atoms with van der Waals surface area (Å²) in [6, 6.07) is 5.95. The van der Waals surface area contributed by atoms with E-state index in [0.717, 1.165) is 24.9 Å². The Bertz CT molecular complexity index is 535. The SMILES string of the molecule is CC(C)(CC(=O)Nc1cccc2c1CCCC2)C(=O)O. The molecule has 2 N–H and O–H groups in total. The molecule has 1 aromatic rings. The van der Waals surface area contributed by atoms with E-state index in [0.29, 0.717) is 0 Å². The number of carbonyl (C=O) groups excluding carboxylic acids is 1. The number of carboxylic acid groups (broad SMARTS) is 1. The number of benzene rings is 1. The van der Waals surface area contributed by atoms with Gasteiger partial charge in [-0.05, 0) is 56.7 Å². The van der Waals surface area contributed by atoms with Gasteiger partial charge in [0.25, 0.3) is 0 Å². The monoisotopic (exact) mass is 275 g/mol. The summed E-state index contributed by atoms with van der Waals surface area (Å²) in [7, 11) is 0. The molecule has 0 radical (unpaired) electrons. The third kappa shape index (κ3) is 3.18. The molecule has 20 heavy (non-hydrogen) atoms. The topological polar surface area (TPSA) is 66.4 Å². The van der Waals surface area contributed by atoms with E-state index in [1.54, 1.807) is 13.8 Å². The molecule has 0 spiro atoms. The highest BCUT2D eigenvalue weighted by Crippen LogP contribution is 2.29. The zero-order valence-corrected chi connectivity index (χ0v) is 12.0. The lowest BCUT2D eigenvalue weighted by Crippen LogP contribution is -2.29. The molecule has 0 bridgehead atoms. The van der Waals surface area contributed by atoms with E-state index in [-0.39, 0.29) is 12.3 Å². The largest absolute Gasteiger partial charge is 0.481 e. The molecule has 1 amide bonds. The molecule has 0 aromatic heterocycles. The molecule has 2 rings (SSSR count). The Morgan fingerprint density at radius 2 is 1.95 bits per heavy atom. The fraction of sp³-hybridized carbons (Fsp3) is 0.500. The Kier molecular flexibility index (Phi) is 4.12. The summed E-state index contributed by atoms with van der Waals surface area (Å²) in [5, 5.41) is 11.9. The van der Waals surface area contributed by atoms with Gasteiger partial charge in [-0.2, -0.15) is 0 Å². The Hall–Kier alpha value is -1.84. The highest BCUT2D eigenvalue weighted by atomic mass is 16.4. The predicted molar refractivity (Wildman–Crippen MR) is 77.7 cm³/mol. The van der Waals surface area contributed by atoms with Gasteiger partial charge in [0.1, 0.15) is 0 Å². The van der Waals surface area contributed by atoms with Crippen LogP contribution in [-0.4, -0.2) is 17.0 Å². The number of hydrogen-bond acceptors (Lipinski definition) is 2. The van der Waals surface area contributed by atoms with Crippen molar-refractivity contribution in [1.29, 1.82) is 0 Å². The molecule has 4 nitrogen and oxygen atoms in total. The third-order valence-corrected chi connectivity index (χ3v) is 3.85. The van der Waals surface area contributed by atoms with Gasteiger partial charge in [0.2, 0.25) is 5.91 Å². The minimum Gasteiger partial charge on any atom is -0.481 e. The fourth-order valence-corrected chi connectivity index (χ4v) is 2.57. The molecule has 0 saturated heterocycles. The predicted octanol–water partition coefficient (Wildman–Crippen LogP) is 3.00. The second-order valence-electron chi connectivity index (χ2n) is 6.06. The Morgan fingerprint density at radius 3 is 2.65 bits per heavy atom. The molecule has 108 valence electrons. The van der Waals surface area contributed by atoms with Gasteiger partial charge in [0, 0.05) is 12.1 Å². The molecule has 0 fully saturated rings. The van der Waals surface area contributed by atoms with E-state index < -0.39 is 11.4 Å². The highest BCUT2D eigenvalue weighted by molar-refractivity contribution is 5.94. The highest BCUT2D eigenvalue weighted by Gasteiger charge is 2.30. The minimum atomic E-state index is -1.04. The average molecular weight is 275 g/mol. The first-order chi connectivity index (χ1) is 9.40. The first kappa shape index (κ1) is 14.6. The Balaban J connectivity index is 2.11. The van der Waals surface area contributed by atoms with Crippen LogP contribution in [0.5, 0.6) is 0 Å². The standard InChI is InChI=1S/C16H21NO3/c1-16(2,15(19)20)10-14(18)17-13-9-5-7-11-6-3-4-8-12(11)13/h5,7,9H,3-4,6,8,10H2,1-2H3,(H,17,18)(H,19,20). The number of fused-ring (bicyclic) bond motifs is 1. The minimum absolute atomic E-state index is 0.0218.